The molecule has 2 N–H and O–H groups in total. The lowest BCUT2D eigenvalue weighted by Gasteiger charge is -2.12. The van der Waals surface area contributed by atoms with Crippen LogP contribution in [0.1, 0.15) is 18.9 Å². The summed E-state index contributed by atoms with van der Waals surface area (Å²) in [6.45, 7) is 2.97. The van der Waals surface area contributed by atoms with Gasteiger partial charge in [0.25, 0.3) is 0 Å². The molecule has 0 aromatic heterocycles. The zero-order valence-electron chi connectivity index (χ0n) is 9.75. The standard InChI is InChI=1S/C12H18FNO2/c1-3-6-16-12-7-9(4-5-14)11(15-2)8-10(12)13/h7-8H,3-6,14H2,1-2H3. The summed E-state index contributed by atoms with van der Waals surface area (Å²) in [5, 5.41) is 0. The molecule has 1 rings (SSSR count). The van der Waals surface area contributed by atoms with Gasteiger partial charge in [-0.15, -0.1) is 0 Å². The van der Waals surface area contributed by atoms with E-state index in [-0.39, 0.29) is 5.75 Å². The fraction of sp³-hybridized carbons (Fsp3) is 0.500. The van der Waals surface area contributed by atoms with Crippen LogP contribution >= 0.6 is 0 Å². The number of benzene rings is 1. The largest absolute Gasteiger partial charge is 0.496 e. The summed E-state index contributed by atoms with van der Waals surface area (Å²) in [6, 6.07) is 3.01. The fourth-order valence-electron chi connectivity index (χ4n) is 1.44. The van der Waals surface area contributed by atoms with Crippen molar-refractivity contribution < 1.29 is 13.9 Å². The molecule has 1 aromatic rings. The van der Waals surface area contributed by atoms with Crippen molar-refractivity contribution in [3.8, 4) is 11.5 Å². The van der Waals surface area contributed by atoms with Gasteiger partial charge < -0.3 is 15.2 Å². The molecule has 0 unspecified atom stereocenters. The zero-order valence-corrected chi connectivity index (χ0v) is 9.75. The molecular formula is C12H18FNO2. The Bertz CT molecular complexity index is 342. The third-order valence-electron chi connectivity index (χ3n) is 2.21. The van der Waals surface area contributed by atoms with Gasteiger partial charge in [-0.05, 0) is 31.0 Å². The average Bonchev–Trinajstić information content (AvgIpc) is 2.29. The highest BCUT2D eigenvalue weighted by molar-refractivity contribution is 5.41. The first kappa shape index (κ1) is 12.8. The van der Waals surface area contributed by atoms with Gasteiger partial charge in [0.2, 0.25) is 0 Å². The highest BCUT2D eigenvalue weighted by atomic mass is 19.1. The van der Waals surface area contributed by atoms with Crippen molar-refractivity contribution in [2.75, 3.05) is 20.3 Å². The lowest BCUT2D eigenvalue weighted by atomic mass is 10.1. The first-order valence-corrected chi connectivity index (χ1v) is 5.42. The first-order chi connectivity index (χ1) is 7.72. The molecule has 0 fully saturated rings. The van der Waals surface area contributed by atoms with Crippen molar-refractivity contribution >= 4 is 0 Å². The molecule has 1 aromatic carbocycles. The maximum Gasteiger partial charge on any atom is 0.168 e. The number of hydrogen-bond donors (Lipinski definition) is 1. The van der Waals surface area contributed by atoms with E-state index < -0.39 is 5.82 Å². The predicted molar refractivity (Wildman–Crippen MR) is 61.5 cm³/mol. The first-order valence-electron chi connectivity index (χ1n) is 5.42. The second-order valence-corrected chi connectivity index (χ2v) is 3.48. The normalized spacial score (nSPS) is 10.2. The van der Waals surface area contributed by atoms with E-state index in [0.717, 1.165) is 12.0 Å². The molecule has 0 atom stereocenters. The molecule has 0 saturated carbocycles. The molecule has 0 radical (unpaired) electrons. The number of hydrogen-bond acceptors (Lipinski definition) is 3. The van der Waals surface area contributed by atoms with Gasteiger partial charge in [-0.1, -0.05) is 6.92 Å². The van der Waals surface area contributed by atoms with Gasteiger partial charge in [-0.2, -0.15) is 0 Å². The molecular weight excluding hydrogens is 209 g/mol. The van der Waals surface area contributed by atoms with Crippen molar-refractivity contribution in [3.63, 3.8) is 0 Å². The predicted octanol–water partition coefficient (Wildman–Crippen LogP) is 2.12. The highest BCUT2D eigenvalue weighted by Crippen LogP contribution is 2.28. The van der Waals surface area contributed by atoms with Crippen LogP contribution in [-0.4, -0.2) is 20.3 Å². The molecule has 0 aliphatic carbocycles. The van der Waals surface area contributed by atoms with Crippen LogP contribution in [0.3, 0.4) is 0 Å². The minimum Gasteiger partial charge on any atom is -0.496 e. The smallest absolute Gasteiger partial charge is 0.168 e. The van der Waals surface area contributed by atoms with Crippen LogP contribution < -0.4 is 15.2 Å². The summed E-state index contributed by atoms with van der Waals surface area (Å²) in [6.07, 6.45) is 1.49. The molecule has 0 amide bonds. The molecule has 0 bridgehead atoms. The lowest BCUT2D eigenvalue weighted by Crippen LogP contribution is -2.06. The Labute approximate surface area is 95.4 Å². The Balaban J connectivity index is 2.96. The van der Waals surface area contributed by atoms with E-state index in [0.29, 0.717) is 25.3 Å². The minimum atomic E-state index is -0.397. The van der Waals surface area contributed by atoms with Crippen LogP contribution in [0.2, 0.25) is 0 Å². The van der Waals surface area contributed by atoms with Crippen molar-refractivity contribution in [1.29, 1.82) is 0 Å². The van der Waals surface area contributed by atoms with Gasteiger partial charge in [0.05, 0.1) is 13.7 Å². The van der Waals surface area contributed by atoms with E-state index in [4.69, 9.17) is 15.2 Å². The SMILES string of the molecule is CCCOc1cc(CCN)c(OC)cc1F. The molecule has 0 spiro atoms. The van der Waals surface area contributed by atoms with Gasteiger partial charge >= 0.3 is 0 Å². The summed E-state index contributed by atoms with van der Waals surface area (Å²) in [5.41, 5.74) is 6.35. The quantitative estimate of drug-likeness (QED) is 0.809. The molecule has 0 aliphatic rings. The van der Waals surface area contributed by atoms with Gasteiger partial charge in [-0.3, -0.25) is 0 Å². The monoisotopic (exact) mass is 227 g/mol. The van der Waals surface area contributed by atoms with E-state index >= 15 is 0 Å². The van der Waals surface area contributed by atoms with Gasteiger partial charge in [0.15, 0.2) is 11.6 Å². The molecule has 3 nitrogen and oxygen atoms in total. The van der Waals surface area contributed by atoms with Crippen LogP contribution in [0.5, 0.6) is 11.5 Å². The van der Waals surface area contributed by atoms with Crippen molar-refractivity contribution in [1.82, 2.24) is 0 Å². The Morgan fingerprint density at radius 3 is 2.62 bits per heavy atom. The van der Waals surface area contributed by atoms with E-state index in [1.165, 1.54) is 13.2 Å². The number of ether oxygens (including phenoxy) is 2. The van der Waals surface area contributed by atoms with Crippen LogP contribution in [-0.2, 0) is 6.42 Å². The van der Waals surface area contributed by atoms with Crippen LogP contribution in [0.4, 0.5) is 4.39 Å². The summed E-state index contributed by atoms with van der Waals surface area (Å²) < 4.78 is 23.9. The highest BCUT2D eigenvalue weighted by Gasteiger charge is 2.10. The van der Waals surface area contributed by atoms with Gasteiger partial charge in [0, 0.05) is 6.07 Å². The molecule has 90 valence electrons. The Morgan fingerprint density at radius 2 is 2.06 bits per heavy atom. The fourth-order valence-corrected chi connectivity index (χ4v) is 1.44. The third-order valence-corrected chi connectivity index (χ3v) is 2.21. The van der Waals surface area contributed by atoms with E-state index in [2.05, 4.69) is 0 Å². The molecule has 0 saturated heterocycles. The number of halogens is 1. The van der Waals surface area contributed by atoms with Gasteiger partial charge in [0.1, 0.15) is 5.75 Å². The average molecular weight is 227 g/mol. The van der Waals surface area contributed by atoms with Crippen LogP contribution in [0, 0.1) is 5.82 Å². The van der Waals surface area contributed by atoms with Crippen LogP contribution in [0.25, 0.3) is 0 Å². The Kier molecular flexibility index (Phi) is 5.05. The number of nitrogens with two attached hydrogens (primary N) is 1. The van der Waals surface area contributed by atoms with E-state index in [9.17, 15) is 4.39 Å². The topological polar surface area (TPSA) is 44.5 Å². The number of rotatable bonds is 6. The summed E-state index contributed by atoms with van der Waals surface area (Å²) in [7, 11) is 1.52. The maximum atomic E-state index is 13.5. The Hall–Kier alpha value is -1.29. The second-order valence-electron chi connectivity index (χ2n) is 3.48. The van der Waals surface area contributed by atoms with E-state index in [1.807, 2.05) is 6.92 Å². The van der Waals surface area contributed by atoms with Crippen LogP contribution in [0.15, 0.2) is 12.1 Å². The maximum absolute atomic E-state index is 13.5. The summed E-state index contributed by atoms with van der Waals surface area (Å²) in [4.78, 5) is 0. The molecule has 0 heterocycles. The van der Waals surface area contributed by atoms with Gasteiger partial charge in [-0.25, -0.2) is 4.39 Å². The molecule has 4 heteroatoms. The number of methoxy groups -OCH3 is 1. The summed E-state index contributed by atoms with van der Waals surface area (Å²) in [5.74, 6) is 0.393. The Morgan fingerprint density at radius 1 is 1.31 bits per heavy atom. The van der Waals surface area contributed by atoms with Crippen molar-refractivity contribution in [3.05, 3.63) is 23.5 Å². The van der Waals surface area contributed by atoms with Crippen molar-refractivity contribution in [2.24, 2.45) is 5.73 Å². The molecule has 16 heavy (non-hydrogen) atoms. The van der Waals surface area contributed by atoms with Crippen molar-refractivity contribution in [2.45, 2.75) is 19.8 Å². The second kappa shape index (κ2) is 6.33. The zero-order chi connectivity index (χ0) is 12.0. The minimum absolute atomic E-state index is 0.270. The van der Waals surface area contributed by atoms with E-state index in [1.54, 1.807) is 6.07 Å². The summed E-state index contributed by atoms with van der Waals surface area (Å²) >= 11 is 0. The lowest BCUT2D eigenvalue weighted by molar-refractivity contribution is 0.299. The molecule has 0 aliphatic heterocycles. The third kappa shape index (κ3) is 3.10.